The van der Waals surface area contributed by atoms with Gasteiger partial charge in [0.2, 0.25) is 5.56 Å². The zero-order chi connectivity index (χ0) is 13.0. The first-order chi connectivity index (χ1) is 8.72. The molecule has 2 rings (SSSR count). The summed E-state index contributed by atoms with van der Waals surface area (Å²) in [6.07, 6.45) is 7.04. The number of rotatable bonds is 2. The van der Waals surface area contributed by atoms with Gasteiger partial charge >= 0.3 is 0 Å². The molecule has 0 aliphatic carbocycles. The van der Waals surface area contributed by atoms with Crippen molar-refractivity contribution in [3.63, 3.8) is 0 Å². The van der Waals surface area contributed by atoms with Gasteiger partial charge in [0.15, 0.2) is 0 Å². The molecule has 1 aromatic rings. The average Bonchev–Trinajstić information content (AvgIpc) is 2.62. The fraction of sp³-hybridized carbons (Fsp3) is 0.571. The van der Waals surface area contributed by atoms with Crippen LogP contribution in [0.2, 0.25) is 0 Å². The SMILES string of the molecule is CCC1CCCCCN1C(=O)c1cc[nH]c(=O)c1. The summed E-state index contributed by atoms with van der Waals surface area (Å²) in [5, 5.41) is 0. The maximum absolute atomic E-state index is 12.4. The summed E-state index contributed by atoms with van der Waals surface area (Å²) in [7, 11) is 0. The molecule has 2 heterocycles. The zero-order valence-corrected chi connectivity index (χ0v) is 10.8. The molecule has 0 bridgehead atoms. The van der Waals surface area contributed by atoms with Crippen molar-refractivity contribution in [2.75, 3.05) is 6.54 Å². The van der Waals surface area contributed by atoms with E-state index in [0.717, 1.165) is 25.8 Å². The fourth-order valence-electron chi connectivity index (χ4n) is 2.61. The van der Waals surface area contributed by atoms with E-state index in [-0.39, 0.29) is 11.5 Å². The average molecular weight is 248 g/mol. The van der Waals surface area contributed by atoms with E-state index in [4.69, 9.17) is 0 Å². The van der Waals surface area contributed by atoms with E-state index in [1.54, 1.807) is 6.07 Å². The number of nitrogens with zero attached hydrogens (tertiary/aromatic N) is 1. The van der Waals surface area contributed by atoms with Gasteiger partial charge in [0.05, 0.1) is 0 Å². The molecular weight excluding hydrogens is 228 g/mol. The first-order valence-corrected chi connectivity index (χ1v) is 6.72. The van der Waals surface area contributed by atoms with Crippen molar-refractivity contribution in [3.05, 3.63) is 34.2 Å². The number of nitrogens with one attached hydrogen (secondary N) is 1. The van der Waals surface area contributed by atoms with Gasteiger partial charge in [-0.1, -0.05) is 19.8 Å². The Kier molecular flexibility index (Phi) is 4.18. The Morgan fingerprint density at radius 2 is 2.28 bits per heavy atom. The Balaban J connectivity index is 2.22. The standard InChI is InChI=1S/C14H20N2O2/c1-2-12-6-4-3-5-9-16(12)14(18)11-7-8-15-13(17)10-11/h7-8,10,12H,2-6,9H2,1H3,(H,15,17). The molecule has 0 spiro atoms. The molecule has 0 aromatic carbocycles. The minimum absolute atomic E-state index is 0.00477. The summed E-state index contributed by atoms with van der Waals surface area (Å²) in [5.74, 6) is -0.00477. The van der Waals surface area contributed by atoms with Crippen LogP contribution in [0.3, 0.4) is 0 Å². The molecule has 98 valence electrons. The second-order valence-corrected chi connectivity index (χ2v) is 4.85. The predicted octanol–water partition coefficient (Wildman–Crippen LogP) is 2.17. The molecule has 18 heavy (non-hydrogen) atoms. The van der Waals surface area contributed by atoms with E-state index in [1.165, 1.54) is 25.1 Å². The number of hydrogen-bond donors (Lipinski definition) is 1. The van der Waals surface area contributed by atoms with Crippen LogP contribution >= 0.6 is 0 Å². The largest absolute Gasteiger partial charge is 0.336 e. The third-order valence-corrected chi connectivity index (χ3v) is 3.63. The predicted molar refractivity (Wildman–Crippen MR) is 70.6 cm³/mol. The zero-order valence-electron chi connectivity index (χ0n) is 10.8. The molecule has 1 amide bonds. The lowest BCUT2D eigenvalue weighted by Crippen LogP contribution is -2.40. The smallest absolute Gasteiger partial charge is 0.254 e. The minimum Gasteiger partial charge on any atom is -0.336 e. The monoisotopic (exact) mass is 248 g/mol. The van der Waals surface area contributed by atoms with E-state index < -0.39 is 0 Å². The second-order valence-electron chi connectivity index (χ2n) is 4.85. The Morgan fingerprint density at radius 3 is 3.00 bits per heavy atom. The van der Waals surface area contributed by atoms with Gasteiger partial charge < -0.3 is 9.88 Å². The van der Waals surface area contributed by atoms with Crippen molar-refractivity contribution < 1.29 is 4.79 Å². The first-order valence-electron chi connectivity index (χ1n) is 6.72. The topological polar surface area (TPSA) is 53.2 Å². The molecule has 0 saturated carbocycles. The Labute approximate surface area is 107 Å². The maximum Gasteiger partial charge on any atom is 0.254 e. The molecular formula is C14H20N2O2. The van der Waals surface area contributed by atoms with E-state index in [0.29, 0.717) is 11.6 Å². The fourth-order valence-corrected chi connectivity index (χ4v) is 2.61. The highest BCUT2D eigenvalue weighted by molar-refractivity contribution is 5.94. The number of aromatic amines is 1. The van der Waals surface area contributed by atoms with Gasteiger partial charge in [0, 0.05) is 30.4 Å². The van der Waals surface area contributed by atoms with Crippen molar-refractivity contribution in [1.29, 1.82) is 0 Å². The number of H-pyrrole nitrogens is 1. The first kappa shape index (κ1) is 12.9. The molecule has 1 atom stereocenters. The van der Waals surface area contributed by atoms with Gasteiger partial charge in [-0.2, -0.15) is 0 Å². The number of aromatic nitrogens is 1. The molecule has 1 aliphatic rings. The van der Waals surface area contributed by atoms with Crippen LogP contribution in [0.25, 0.3) is 0 Å². The third-order valence-electron chi connectivity index (χ3n) is 3.63. The highest BCUT2D eigenvalue weighted by atomic mass is 16.2. The number of amides is 1. The molecule has 1 unspecified atom stereocenters. The Morgan fingerprint density at radius 1 is 1.44 bits per heavy atom. The van der Waals surface area contributed by atoms with Crippen LogP contribution in [-0.4, -0.2) is 28.4 Å². The van der Waals surface area contributed by atoms with E-state index in [1.807, 2.05) is 4.90 Å². The molecule has 1 fully saturated rings. The van der Waals surface area contributed by atoms with Crippen LogP contribution in [0, 0.1) is 0 Å². The van der Waals surface area contributed by atoms with Crippen molar-refractivity contribution >= 4 is 5.91 Å². The van der Waals surface area contributed by atoms with E-state index >= 15 is 0 Å². The number of likely N-dealkylation sites (tertiary alicyclic amines) is 1. The van der Waals surface area contributed by atoms with Gasteiger partial charge in [-0.05, 0) is 25.3 Å². The van der Waals surface area contributed by atoms with E-state index in [2.05, 4.69) is 11.9 Å². The summed E-state index contributed by atoms with van der Waals surface area (Å²) in [6, 6.07) is 3.39. The second kappa shape index (κ2) is 5.85. The molecule has 4 heteroatoms. The summed E-state index contributed by atoms with van der Waals surface area (Å²) < 4.78 is 0. The Bertz CT molecular complexity index is 467. The molecule has 1 saturated heterocycles. The van der Waals surface area contributed by atoms with Crippen LogP contribution in [0.5, 0.6) is 0 Å². The molecule has 1 aliphatic heterocycles. The summed E-state index contributed by atoms with van der Waals surface area (Å²) in [6.45, 7) is 2.93. The third kappa shape index (κ3) is 2.81. The molecule has 0 radical (unpaired) electrons. The summed E-state index contributed by atoms with van der Waals surface area (Å²) >= 11 is 0. The van der Waals surface area contributed by atoms with Crippen LogP contribution in [0.15, 0.2) is 23.1 Å². The number of pyridine rings is 1. The van der Waals surface area contributed by atoms with Crippen molar-refractivity contribution in [3.8, 4) is 0 Å². The molecule has 1 aromatic heterocycles. The molecule has 1 N–H and O–H groups in total. The maximum atomic E-state index is 12.4. The lowest BCUT2D eigenvalue weighted by molar-refractivity contribution is 0.0678. The van der Waals surface area contributed by atoms with Crippen molar-refractivity contribution in [2.24, 2.45) is 0 Å². The number of hydrogen-bond acceptors (Lipinski definition) is 2. The van der Waals surface area contributed by atoms with Crippen molar-refractivity contribution in [2.45, 2.75) is 45.1 Å². The van der Waals surface area contributed by atoms with Gasteiger partial charge in [0.25, 0.3) is 5.91 Å². The van der Waals surface area contributed by atoms with Crippen LogP contribution in [-0.2, 0) is 0 Å². The van der Waals surface area contributed by atoms with Crippen LogP contribution in [0.4, 0.5) is 0 Å². The van der Waals surface area contributed by atoms with Gasteiger partial charge in [-0.25, -0.2) is 0 Å². The minimum atomic E-state index is -0.219. The van der Waals surface area contributed by atoms with Gasteiger partial charge in [-0.15, -0.1) is 0 Å². The normalized spacial score (nSPS) is 20.5. The number of carbonyl (C=O) groups is 1. The van der Waals surface area contributed by atoms with Gasteiger partial charge in [0.1, 0.15) is 0 Å². The highest BCUT2D eigenvalue weighted by Crippen LogP contribution is 2.20. The Hall–Kier alpha value is -1.58. The number of carbonyl (C=O) groups excluding carboxylic acids is 1. The quantitative estimate of drug-likeness (QED) is 0.872. The summed E-state index contributed by atoms with van der Waals surface area (Å²) in [4.78, 5) is 28.2. The lowest BCUT2D eigenvalue weighted by atomic mass is 10.1. The summed E-state index contributed by atoms with van der Waals surface area (Å²) in [5.41, 5.74) is 0.280. The lowest BCUT2D eigenvalue weighted by Gasteiger charge is -2.29. The highest BCUT2D eigenvalue weighted by Gasteiger charge is 2.24. The molecule has 4 nitrogen and oxygen atoms in total. The van der Waals surface area contributed by atoms with Crippen LogP contribution < -0.4 is 5.56 Å². The van der Waals surface area contributed by atoms with Crippen LogP contribution in [0.1, 0.15) is 49.4 Å². The van der Waals surface area contributed by atoms with E-state index in [9.17, 15) is 9.59 Å². The van der Waals surface area contributed by atoms with Gasteiger partial charge in [-0.3, -0.25) is 9.59 Å². The van der Waals surface area contributed by atoms with Crippen molar-refractivity contribution in [1.82, 2.24) is 9.88 Å².